The van der Waals surface area contributed by atoms with Gasteiger partial charge in [0.15, 0.2) is 0 Å². The molecule has 6 heteroatoms. The van der Waals surface area contributed by atoms with Crippen molar-refractivity contribution in [1.29, 1.82) is 0 Å². The summed E-state index contributed by atoms with van der Waals surface area (Å²) in [5, 5.41) is 3.05. The van der Waals surface area contributed by atoms with Gasteiger partial charge in [0.05, 0.1) is 6.20 Å². The van der Waals surface area contributed by atoms with Gasteiger partial charge in [0.25, 0.3) is 5.91 Å². The number of hydrogen-bond donors (Lipinski definition) is 1. The summed E-state index contributed by atoms with van der Waals surface area (Å²) >= 11 is 0. The van der Waals surface area contributed by atoms with E-state index in [9.17, 15) is 9.59 Å². The number of nitrogens with zero attached hydrogens (tertiary/aromatic N) is 3. The number of rotatable bonds is 11. The lowest BCUT2D eigenvalue weighted by Crippen LogP contribution is -2.35. The van der Waals surface area contributed by atoms with Gasteiger partial charge in [-0.05, 0) is 23.1 Å². The Bertz CT molecular complexity index is 1180. The van der Waals surface area contributed by atoms with Gasteiger partial charge >= 0.3 is 0 Å². The highest BCUT2D eigenvalue weighted by molar-refractivity contribution is 5.92. The second-order valence-corrected chi connectivity index (χ2v) is 8.57. The quantitative estimate of drug-likeness (QED) is 0.334. The summed E-state index contributed by atoms with van der Waals surface area (Å²) in [7, 11) is 0. The molecule has 0 unspecified atom stereocenters. The van der Waals surface area contributed by atoms with Crippen LogP contribution in [0.4, 0.5) is 0 Å². The molecule has 0 fully saturated rings. The Kier molecular flexibility index (Phi) is 8.92. The van der Waals surface area contributed by atoms with Crippen molar-refractivity contribution in [3.05, 3.63) is 132 Å². The Morgan fingerprint density at radius 1 is 0.806 bits per heavy atom. The van der Waals surface area contributed by atoms with Crippen molar-refractivity contribution in [2.24, 2.45) is 0 Å². The van der Waals surface area contributed by atoms with E-state index in [0.717, 1.165) is 12.0 Å². The molecule has 6 nitrogen and oxygen atoms in total. The Labute approximate surface area is 212 Å². The fourth-order valence-electron chi connectivity index (χ4n) is 4.21. The van der Waals surface area contributed by atoms with E-state index < -0.39 is 0 Å². The first kappa shape index (κ1) is 24.8. The maximum atomic E-state index is 13.1. The van der Waals surface area contributed by atoms with Crippen LogP contribution in [-0.4, -0.2) is 39.8 Å². The van der Waals surface area contributed by atoms with E-state index in [-0.39, 0.29) is 36.4 Å². The van der Waals surface area contributed by atoms with E-state index in [1.165, 1.54) is 29.7 Å². The Hall–Kier alpha value is -4.32. The normalized spacial score (nSPS) is 10.7. The molecule has 1 N–H and O–H groups in total. The molecule has 0 spiro atoms. The molecule has 182 valence electrons. The maximum absolute atomic E-state index is 13.1. The van der Waals surface area contributed by atoms with Gasteiger partial charge < -0.3 is 10.2 Å². The third-order valence-corrected chi connectivity index (χ3v) is 6.05. The zero-order valence-corrected chi connectivity index (χ0v) is 20.2. The van der Waals surface area contributed by atoms with Crippen LogP contribution in [-0.2, 0) is 11.3 Å². The highest BCUT2D eigenvalue weighted by Crippen LogP contribution is 2.27. The summed E-state index contributed by atoms with van der Waals surface area (Å²) in [6.07, 6.45) is 5.47. The lowest BCUT2D eigenvalue weighted by molar-refractivity contribution is -0.121. The van der Waals surface area contributed by atoms with Crippen molar-refractivity contribution < 1.29 is 9.59 Å². The Morgan fingerprint density at radius 2 is 1.42 bits per heavy atom. The summed E-state index contributed by atoms with van der Waals surface area (Å²) in [6, 6.07) is 30.4. The van der Waals surface area contributed by atoms with Crippen LogP contribution in [0.15, 0.2) is 110 Å². The summed E-state index contributed by atoms with van der Waals surface area (Å²) in [5.74, 6) is -0.131. The summed E-state index contributed by atoms with van der Waals surface area (Å²) in [5.41, 5.74) is 3.70. The van der Waals surface area contributed by atoms with Crippen molar-refractivity contribution in [1.82, 2.24) is 20.2 Å². The molecule has 0 bridgehead atoms. The molecule has 36 heavy (non-hydrogen) atoms. The molecule has 3 aromatic carbocycles. The average molecular weight is 479 g/mol. The predicted molar refractivity (Wildman–Crippen MR) is 140 cm³/mol. The highest BCUT2D eigenvalue weighted by atomic mass is 16.2. The largest absolute Gasteiger partial charge is 0.356 e. The van der Waals surface area contributed by atoms with Gasteiger partial charge in [-0.1, -0.05) is 91.0 Å². The van der Waals surface area contributed by atoms with Crippen LogP contribution in [0.3, 0.4) is 0 Å². The van der Waals surface area contributed by atoms with Crippen LogP contribution in [0.2, 0.25) is 0 Å². The minimum Gasteiger partial charge on any atom is -0.356 e. The fraction of sp³-hybridized carbons (Fsp3) is 0.200. The number of benzene rings is 3. The maximum Gasteiger partial charge on any atom is 0.274 e. The van der Waals surface area contributed by atoms with E-state index >= 15 is 0 Å². The fourth-order valence-corrected chi connectivity index (χ4v) is 4.21. The van der Waals surface area contributed by atoms with Crippen LogP contribution >= 0.6 is 0 Å². The number of carbonyl (C=O) groups is 2. The van der Waals surface area contributed by atoms with Gasteiger partial charge in [0.1, 0.15) is 5.69 Å². The van der Waals surface area contributed by atoms with Gasteiger partial charge in [-0.3, -0.25) is 14.6 Å². The van der Waals surface area contributed by atoms with E-state index in [1.54, 1.807) is 4.90 Å². The molecule has 0 aliphatic heterocycles. The molecule has 0 radical (unpaired) electrons. The molecular weight excluding hydrogens is 448 g/mol. The molecular formula is C30H30N4O2. The molecule has 1 aromatic heterocycles. The summed E-state index contributed by atoms with van der Waals surface area (Å²) in [6.45, 7) is 1.23. The molecule has 2 amide bonds. The second-order valence-electron chi connectivity index (χ2n) is 8.57. The van der Waals surface area contributed by atoms with Crippen LogP contribution in [0.1, 0.15) is 45.9 Å². The number of nitrogens with one attached hydrogen (secondary N) is 1. The van der Waals surface area contributed by atoms with Crippen molar-refractivity contribution >= 4 is 11.8 Å². The van der Waals surface area contributed by atoms with Gasteiger partial charge in [-0.15, -0.1) is 0 Å². The Balaban J connectivity index is 1.35. The van der Waals surface area contributed by atoms with Crippen LogP contribution in [0, 0.1) is 0 Å². The molecule has 0 saturated carbocycles. The van der Waals surface area contributed by atoms with Crippen molar-refractivity contribution in [2.45, 2.75) is 25.3 Å². The minimum absolute atomic E-state index is 0.0834. The molecule has 0 atom stereocenters. The monoisotopic (exact) mass is 478 g/mol. The summed E-state index contributed by atoms with van der Waals surface area (Å²) in [4.78, 5) is 35.6. The third-order valence-electron chi connectivity index (χ3n) is 6.05. The van der Waals surface area contributed by atoms with Crippen LogP contribution in [0.5, 0.6) is 0 Å². The van der Waals surface area contributed by atoms with Crippen molar-refractivity contribution in [2.75, 3.05) is 13.1 Å². The van der Waals surface area contributed by atoms with E-state index in [2.05, 4.69) is 39.6 Å². The first-order chi connectivity index (χ1) is 17.7. The predicted octanol–water partition coefficient (Wildman–Crippen LogP) is 4.85. The van der Waals surface area contributed by atoms with Gasteiger partial charge in [-0.25, -0.2) is 4.98 Å². The molecule has 0 saturated heterocycles. The van der Waals surface area contributed by atoms with Crippen molar-refractivity contribution in [3.63, 3.8) is 0 Å². The smallest absolute Gasteiger partial charge is 0.274 e. The topological polar surface area (TPSA) is 75.2 Å². The lowest BCUT2D eigenvalue weighted by Gasteiger charge is -2.22. The van der Waals surface area contributed by atoms with Crippen molar-refractivity contribution in [3.8, 4) is 0 Å². The minimum atomic E-state index is -0.243. The highest BCUT2D eigenvalue weighted by Gasteiger charge is 2.19. The molecule has 4 aromatic rings. The molecule has 0 aliphatic rings. The standard InChI is InChI=1S/C30H30N4O2/c35-29(33-18-16-27(25-12-6-2-7-13-25)26-14-8-3-9-15-26)17-21-34(23-24-10-4-1-5-11-24)30(36)28-22-31-19-20-32-28/h1-15,19-20,22,27H,16-18,21,23H2,(H,33,35). The van der Waals surface area contributed by atoms with Gasteiger partial charge in [-0.2, -0.15) is 0 Å². The van der Waals surface area contributed by atoms with E-state index in [4.69, 9.17) is 0 Å². The number of carbonyl (C=O) groups excluding carboxylic acids is 2. The number of hydrogen-bond acceptors (Lipinski definition) is 4. The van der Waals surface area contributed by atoms with E-state index in [1.807, 2.05) is 66.7 Å². The molecule has 4 rings (SSSR count). The first-order valence-electron chi connectivity index (χ1n) is 12.2. The second kappa shape index (κ2) is 13.0. The zero-order chi connectivity index (χ0) is 25.0. The van der Waals surface area contributed by atoms with Crippen LogP contribution < -0.4 is 5.32 Å². The zero-order valence-electron chi connectivity index (χ0n) is 20.2. The molecule has 1 heterocycles. The first-order valence-corrected chi connectivity index (χ1v) is 12.2. The van der Waals surface area contributed by atoms with Gasteiger partial charge in [0.2, 0.25) is 5.91 Å². The van der Waals surface area contributed by atoms with E-state index in [0.29, 0.717) is 13.1 Å². The third kappa shape index (κ3) is 7.09. The Morgan fingerprint density at radius 3 is 2.00 bits per heavy atom. The lowest BCUT2D eigenvalue weighted by atomic mass is 9.88. The number of aromatic nitrogens is 2. The summed E-state index contributed by atoms with van der Waals surface area (Å²) < 4.78 is 0. The SMILES string of the molecule is O=C(CCN(Cc1ccccc1)C(=O)c1cnccn1)NCCC(c1ccccc1)c1ccccc1. The number of amides is 2. The van der Waals surface area contributed by atoms with Gasteiger partial charge in [0, 0.05) is 44.4 Å². The molecule has 0 aliphatic carbocycles. The van der Waals surface area contributed by atoms with Crippen LogP contribution in [0.25, 0.3) is 0 Å². The average Bonchev–Trinajstić information content (AvgIpc) is 2.95.